The predicted molar refractivity (Wildman–Crippen MR) is 78.8 cm³/mol. The molecule has 2 fully saturated rings. The first-order valence-corrected chi connectivity index (χ1v) is 8.09. The molecule has 1 N–H and O–H groups in total. The second kappa shape index (κ2) is 6.18. The molecule has 0 saturated carbocycles. The van der Waals surface area contributed by atoms with Gasteiger partial charge in [0.05, 0.1) is 0 Å². The Bertz CT molecular complexity index is 433. The van der Waals surface area contributed by atoms with Gasteiger partial charge in [0.1, 0.15) is 6.04 Å². The highest BCUT2D eigenvalue weighted by atomic mass is 16.4. The molecule has 116 valence electrons. The maximum atomic E-state index is 12.4. The number of hydrogen-bond donors (Lipinski definition) is 1. The zero-order valence-electron chi connectivity index (χ0n) is 12.4. The molecule has 2 heterocycles. The molecule has 3 aliphatic rings. The third-order valence-electron chi connectivity index (χ3n) is 5.18. The van der Waals surface area contributed by atoms with E-state index in [-0.39, 0.29) is 17.9 Å². The summed E-state index contributed by atoms with van der Waals surface area (Å²) >= 11 is 0. The summed E-state index contributed by atoms with van der Waals surface area (Å²) in [5.41, 5.74) is 0. The molecule has 1 unspecified atom stereocenters. The summed E-state index contributed by atoms with van der Waals surface area (Å²) < 4.78 is 0. The fourth-order valence-corrected chi connectivity index (χ4v) is 3.99. The largest absolute Gasteiger partial charge is 0.480 e. The minimum absolute atomic E-state index is 0.153. The van der Waals surface area contributed by atoms with Gasteiger partial charge < -0.3 is 10.0 Å². The Morgan fingerprint density at radius 2 is 1.67 bits per heavy atom. The van der Waals surface area contributed by atoms with Crippen LogP contribution in [0.25, 0.3) is 0 Å². The van der Waals surface area contributed by atoms with E-state index in [0.717, 1.165) is 58.2 Å². The van der Waals surface area contributed by atoms with E-state index in [4.69, 9.17) is 0 Å². The van der Waals surface area contributed by atoms with E-state index in [2.05, 4.69) is 17.1 Å². The second-order valence-electron chi connectivity index (χ2n) is 6.43. The Kier molecular flexibility index (Phi) is 4.29. The van der Waals surface area contributed by atoms with Gasteiger partial charge in [0.25, 0.3) is 0 Å². The van der Waals surface area contributed by atoms with Gasteiger partial charge in [-0.05, 0) is 45.1 Å². The molecule has 2 aliphatic heterocycles. The molecule has 21 heavy (non-hydrogen) atoms. The molecule has 0 bridgehead atoms. The SMILES string of the molecule is O=C(O)C1CCCN1C1CCN(C(=O)C2CC=CC2)CC1. The second-order valence-corrected chi connectivity index (χ2v) is 6.43. The van der Waals surface area contributed by atoms with Crippen LogP contribution in [0.5, 0.6) is 0 Å². The molecule has 3 rings (SSSR count). The van der Waals surface area contributed by atoms with Crippen molar-refractivity contribution in [1.82, 2.24) is 9.80 Å². The molecule has 0 aromatic carbocycles. The number of carbonyl (C=O) groups is 2. The van der Waals surface area contributed by atoms with Crippen molar-refractivity contribution < 1.29 is 14.7 Å². The van der Waals surface area contributed by atoms with Crippen LogP contribution in [-0.4, -0.2) is 58.5 Å². The zero-order valence-corrected chi connectivity index (χ0v) is 12.4. The summed E-state index contributed by atoms with van der Waals surface area (Å²) in [4.78, 5) is 27.8. The Morgan fingerprint density at radius 1 is 1.00 bits per heavy atom. The van der Waals surface area contributed by atoms with E-state index in [0.29, 0.717) is 6.04 Å². The number of carbonyl (C=O) groups excluding carboxylic acids is 1. The quantitative estimate of drug-likeness (QED) is 0.801. The molecule has 0 spiro atoms. The summed E-state index contributed by atoms with van der Waals surface area (Å²) in [6.07, 6.45) is 9.52. The number of nitrogens with zero attached hydrogens (tertiary/aromatic N) is 2. The summed E-state index contributed by atoms with van der Waals surface area (Å²) in [7, 11) is 0. The highest BCUT2D eigenvalue weighted by molar-refractivity contribution is 5.79. The van der Waals surface area contributed by atoms with Gasteiger partial charge in [-0.1, -0.05) is 12.2 Å². The molecule has 2 saturated heterocycles. The number of aliphatic carboxylic acids is 1. The third-order valence-corrected chi connectivity index (χ3v) is 5.18. The van der Waals surface area contributed by atoms with Crippen LogP contribution in [-0.2, 0) is 9.59 Å². The van der Waals surface area contributed by atoms with E-state index >= 15 is 0 Å². The van der Waals surface area contributed by atoms with Crippen LogP contribution in [0.3, 0.4) is 0 Å². The third kappa shape index (κ3) is 2.98. The molecule has 1 amide bonds. The lowest BCUT2D eigenvalue weighted by Crippen LogP contribution is -2.50. The van der Waals surface area contributed by atoms with Gasteiger partial charge in [0.2, 0.25) is 5.91 Å². The summed E-state index contributed by atoms with van der Waals surface area (Å²) in [5.74, 6) is -0.252. The summed E-state index contributed by atoms with van der Waals surface area (Å²) in [5, 5.41) is 9.28. The normalized spacial score (nSPS) is 28.4. The lowest BCUT2D eigenvalue weighted by Gasteiger charge is -2.39. The van der Waals surface area contributed by atoms with Crippen LogP contribution in [0.2, 0.25) is 0 Å². The van der Waals surface area contributed by atoms with Crippen molar-refractivity contribution in [2.24, 2.45) is 5.92 Å². The standard InChI is InChI=1S/C16H24N2O3/c19-15(12-4-1-2-5-12)17-10-7-13(8-11-17)18-9-3-6-14(18)16(20)21/h1-2,12-14H,3-11H2,(H,20,21). The minimum Gasteiger partial charge on any atom is -0.480 e. The van der Waals surface area contributed by atoms with Crippen LogP contribution in [0.1, 0.15) is 38.5 Å². The number of hydrogen-bond acceptors (Lipinski definition) is 3. The average molecular weight is 292 g/mol. The van der Waals surface area contributed by atoms with Crippen molar-refractivity contribution in [3.05, 3.63) is 12.2 Å². The fraction of sp³-hybridized carbons (Fsp3) is 0.750. The van der Waals surface area contributed by atoms with Gasteiger partial charge in [0, 0.05) is 25.0 Å². The van der Waals surface area contributed by atoms with Gasteiger partial charge >= 0.3 is 5.97 Å². The zero-order chi connectivity index (χ0) is 14.8. The number of carboxylic acids is 1. The van der Waals surface area contributed by atoms with E-state index in [1.807, 2.05) is 4.90 Å². The molecular weight excluding hydrogens is 268 g/mol. The first-order valence-electron chi connectivity index (χ1n) is 8.09. The van der Waals surface area contributed by atoms with Crippen molar-refractivity contribution in [2.45, 2.75) is 50.6 Å². The predicted octanol–water partition coefficient (Wildman–Crippen LogP) is 1.49. The monoisotopic (exact) mass is 292 g/mol. The van der Waals surface area contributed by atoms with Gasteiger partial charge in [-0.3, -0.25) is 14.5 Å². The lowest BCUT2D eigenvalue weighted by atomic mass is 9.99. The lowest BCUT2D eigenvalue weighted by molar-refractivity contribution is -0.144. The Balaban J connectivity index is 1.53. The first-order chi connectivity index (χ1) is 10.2. The Labute approximate surface area is 125 Å². The van der Waals surface area contributed by atoms with Crippen LogP contribution in [0, 0.1) is 5.92 Å². The molecule has 5 heteroatoms. The summed E-state index contributed by atoms with van der Waals surface area (Å²) in [6, 6.07) is 0.0237. The van der Waals surface area contributed by atoms with E-state index in [1.165, 1.54) is 0 Å². The highest BCUT2D eigenvalue weighted by Crippen LogP contribution is 2.28. The molecular formula is C16H24N2O3. The molecule has 0 radical (unpaired) electrons. The Hall–Kier alpha value is -1.36. The van der Waals surface area contributed by atoms with Crippen LogP contribution >= 0.6 is 0 Å². The number of piperidine rings is 1. The van der Waals surface area contributed by atoms with E-state index in [9.17, 15) is 14.7 Å². The minimum atomic E-state index is -0.692. The molecule has 1 atom stereocenters. The average Bonchev–Trinajstić information content (AvgIpc) is 3.18. The maximum Gasteiger partial charge on any atom is 0.320 e. The van der Waals surface area contributed by atoms with Gasteiger partial charge in [-0.15, -0.1) is 0 Å². The Morgan fingerprint density at radius 3 is 2.29 bits per heavy atom. The maximum absolute atomic E-state index is 12.4. The first kappa shape index (κ1) is 14.6. The van der Waals surface area contributed by atoms with Crippen molar-refractivity contribution in [1.29, 1.82) is 0 Å². The number of amides is 1. The fourth-order valence-electron chi connectivity index (χ4n) is 3.99. The van der Waals surface area contributed by atoms with E-state index in [1.54, 1.807) is 0 Å². The van der Waals surface area contributed by atoms with Gasteiger partial charge in [0.15, 0.2) is 0 Å². The molecule has 0 aromatic heterocycles. The summed E-state index contributed by atoms with van der Waals surface area (Å²) in [6.45, 7) is 2.45. The van der Waals surface area contributed by atoms with E-state index < -0.39 is 5.97 Å². The van der Waals surface area contributed by atoms with Crippen molar-refractivity contribution in [3.8, 4) is 0 Å². The molecule has 0 aromatic rings. The topological polar surface area (TPSA) is 60.9 Å². The number of allylic oxidation sites excluding steroid dienone is 2. The van der Waals surface area contributed by atoms with Crippen LogP contribution in [0.4, 0.5) is 0 Å². The van der Waals surface area contributed by atoms with Crippen molar-refractivity contribution >= 4 is 11.9 Å². The number of carboxylic acid groups (broad SMARTS) is 1. The van der Waals surface area contributed by atoms with Crippen LogP contribution in [0.15, 0.2) is 12.2 Å². The molecule has 1 aliphatic carbocycles. The highest BCUT2D eigenvalue weighted by Gasteiger charge is 2.37. The molecule has 5 nitrogen and oxygen atoms in total. The smallest absolute Gasteiger partial charge is 0.320 e. The number of rotatable bonds is 3. The van der Waals surface area contributed by atoms with Gasteiger partial charge in [-0.25, -0.2) is 0 Å². The van der Waals surface area contributed by atoms with Gasteiger partial charge in [-0.2, -0.15) is 0 Å². The number of likely N-dealkylation sites (tertiary alicyclic amines) is 2. The van der Waals surface area contributed by atoms with Crippen LogP contribution < -0.4 is 0 Å². The van der Waals surface area contributed by atoms with Crippen molar-refractivity contribution in [2.75, 3.05) is 19.6 Å². The van der Waals surface area contributed by atoms with Crippen molar-refractivity contribution in [3.63, 3.8) is 0 Å².